The van der Waals surface area contributed by atoms with Crippen LogP contribution in [0.3, 0.4) is 0 Å². The molecule has 0 heterocycles. The SMILES string of the molecule is Cc1ccc(NC(=O)CCNc2c(F)cccc2F)cc1Cl. The molecule has 0 bridgehead atoms. The second-order valence-corrected chi connectivity index (χ2v) is 5.19. The number of amides is 1. The molecule has 0 saturated carbocycles. The normalized spacial score (nSPS) is 10.4. The van der Waals surface area contributed by atoms with Crippen LogP contribution in [0, 0.1) is 18.6 Å². The van der Waals surface area contributed by atoms with Crippen LogP contribution in [0.5, 0.6) is 0 Å². The number of hydrogen-bond acceptors (Lipinski definition) is 2. The molecule has 0 atom stereocenters. The van der Waals surface area contributed by atoms with Gasteiger partial charge in [0.1, 0.15) is 17.3 Å². The molecule has 0 saturated heterocycles. The van der Waals surface area contributed by atoms with Crippen LogP contribution >= 0.6 is 11.6 Å². The van der Waals surface area contributed by atoms with Crippen molar-refractivity contribution in [1.82, 2.24) is 0 Å². The van der Waals surface area contributed by atoms with E-state index in [4.69, 9.17) is 11.6 Å². The Labute approximate surface area is 132 Å². The highest BCUT2D eigenvalue weighted by molar-refractivity contribution is 6.31. The van der Waals surface area contributed by atoms with Crippen molar-refractivity contribution in [1.29, 1.82) is 0 Å². The molecular weight excluding hydrogens is 310 g/mol. The van der Waals surface area contributed by atoms with Gasteiger partial charge in [0.2, 0.25) is 5.91 Å². The van der Waals surface area contributed by atoms with Gasteiger partial charge >= 0.3 is 0 Å². The molecule has 22 heavy (non-hydrogen) atoms. The van der Waals surface area contributed by atoms with Crippen molar-refractivity contribution < 1.29 is 13.6 Å². The number of para-hydroxylation sites is 1. The van der Waals surface area contributed by atoms with Crippen molar-refractivity contribution in [2.24, 2.45) is 0 Å². The van der Waals surface area contributed by atoms with E-state index in [9.17, 15) is 13.6 Å². The molecular formula is C16H15ClF2N2O. The van der Waals surface area contributed by atoms with E-state index in [-0.39, 0.29) is 24.6 Å². The topological polar surface area (TPSA) is 41.1 Å². The minimum Gasteiger partial charge on any atom is -0.380 e. The van der Waals surface area contributed by atoms with Crippen LogP contribution in [-0.2, 0) is 4.79 Å². The summed E-state index contributed by atoms with van der Waals surface area (Å²) in [4.78, 5) is 11.8. The fraction of sp³-hybridized carbons (Fsp3) is 0.188. The summed E-state index contributed by atoms with van der Waals surface area (Å²) < 4.78 is 26.8. The Morgan fingerprint density at radius 2 is 1.86 bits per heavy atom. The Hall–Kier alpha value is -2.14. The van der Waals surface area contributed by atoms with Gasteiger partial charge in [0.25, 0.3) is 0 Å². The molecule has 1 amide bonds. The lowest BCUT2D eigenvalue weighted by Crippen LogP contribution is -2.17. The number of nitrogens with one attached hydrogen (secondary N) is 2. The first kappa shape index (κ1) is 16.2. The van der Waals surface area contributed by atoms with E-state index in [1.165, 1.54) is 6.07 Å². The number of halogens is 3. The fourth-order valence-corrected chi connectivity index (χ4v) is 2.04. The zero-order chi connectivity index (χ0) is 16.1. The Morgan fingerprint density at radius 1 is 1.18 bits per heavy atom. The Bertz CT molecular complexity index is 672. The maximum atomic E-state index is 13.4. The average molecular weight is 325 g/mol. The number of carbonyl (C=O) groups is 1. The van der Waals surface area contributed by atoms with Crippen molar-refractivity contribution >= 4 is 28.9 Å². The fourth-order valence-electron chi connectivity index (χ4n) is 1.86. The van der Waals surface area contributed by atoms with Crippen molar-refractivity contribution in [2.45, 2.75) is 13.3 Å². The van der Waals surface area contributed by atoms with Gasteiger partial charge in [-0.15, -0.1) is 0 Å². The van der Waals surface area contributed by atoms with Gasteiger partial charge in [-0.1, -0.05) is 23.7 Å². The van der Waals surface area contributed by atoms with Crippen molar-refractivity contribution in [3.63, 3.8) is 0 Å². The molecule has 0 spiro atoms. The lowest BCUT2D eigenvalue weighted by Gasteiger charge is -2.09. The highest BCUT2D eigenvalue weighted by Crippen LogP contribution is 2.20. The standard InChI is InChI=1S/C16H15ClF2N2O/c1-10-5-6-11(9-12(10)17)21-15(22)7-8-20-16-13(18)3-2-4-14(16)19/h2-6,9,20H,7-8H2,1H3,(H,21,22). The monoisotopic (exact) mass is 324 g/mol. The van der Waals surface area contributed by atoms with E-state index >= 15 is 0 Å². The van der Waals surface area contributed by atoms with E-state index in [0.29, 0.717) is 10.7 Å². The summed E-state index contributed by atoms with van der Waals surface area (Å²) in [7, 11) is 0. The van der Waals surface area contributed by atoms with Gasteiger partial charge in [-0.05, 0) is 36.8 Å². The van der Waals surface area contributed by atoms with Gasteiger partial charge in [0, 0.05) is 23.7 Å². The van der Waals surface area contributed by atoms with Crippen LogP contribution in [0.1, 0.15) is 12.0 Å². The molecule has 2 rings (SSSR count). The first-order valence-corrected chi connectivity index (χ1v) is 7.09. The van der Waals surface area contributed by atoms with E-state index in [2.05, 4.69) is 10.6 Å². The molecule has 116 valence electrons. The Kier molecular flexibility index (Phi) is 5.33. The highest BCUT2D eigenvalue weighted by Gasteiger charge is 2.09. The van der Waals surface area contributed by atoms with Gasteiger partial charge in [-0.25, -0.2) is 8.78 Å². The summed E-state index contributed by atoms with van der Waals surface area (Å²) in [5.41, 5.74) is 1.27. The minimum atomic E-state index is -0.689. The Balaban J connectivity index is 1.86. The first-order valence-electron chi connectivity index (χ1n) is 6.71. The van der Waals surface area contributed by atoms with Gasteiger partial charge in [-0.3, -0.25) is 4.79 Å². The van der Waals surface area contributed by atoms with E-state index in [1.54, 1.807) is 18.2 Å². The van der Waals surface area contributed by atoms with Gasteiger partial charge in [-0.2, -0.15) is 0 Å². The number of hydrogen-bond donors (Lipinski definition) is 2. The average Bonchev–Trinajstić information content (AvgIpc) is 2.46. The summed E-state index contributed by atoms with van der Waals surface area (Å²) in [6.45, 7) is 1.98. The third-order valence-electron chi connectivity index (χ3n) is 3.07. The third kappa shape index (κ3) is 4.18. The van der Waals surface area contributed by atoms with Gasteiger partial charge in [0.15, 0.2) is 0 Å². The van der Waals surface area contributed by atoms with Gasteiger partial charge < -0.3 is 10.6 Å². The molecule has 0 radical (unpaired) electrons. The molecule has 3 nitrogen and oxygen atoms in total. The second kappa shape index (κ2) is 7.22. The minimum absolute atomic E-state index is 0.0687. The summed E-state index contributed by atoms with van der Waals surface area (Å²) in [6.07, 6.45) is 0.0687. The largest absolute Gasteiger partial charge is 0.380 e. The number of anilines is 2. The number of carbonyl (C=O) groups excluding carboxylic acids is 1. The van der Waals surface area contributed by atoms with Crippen LogP contribution in [-0.4, -0.2) is 12.5 Å². The summed E-state index contributed by atoms with van der Waals surface area (Å²) in [5, 5.41) is 5.82. The predicted octanol–water partition coefficient (Wildman–Crippen LogP) is 4.37. The van der Waals surface area contributed by atoms with Crippen LogP contribution < -0.4 is 10.6 Å². The molecule has 2 aromatic rings. The number of rotatable bonds is 5. The van der Waals surface area contributed by atoms with Crippen LogP contribution in [0.2, 0.25) is 5.02 Å². The third-order valence-corrected chi connectivity index (χ3v) is 3.48. The zero-order valence-corrected chi connectivity index (χ0v) is 12.7. The Morgan fingerprint density at radius 3 is 2.50 bits per heavy atom. The van der Waals surface area contributed by atoms with Crippen LogP contribution in [0.15, 0.2) is 36.4 Å². The van der Waals surface area contributed by atoms with Crippen molar-refractivity contribution in [2.75, 3.05) is 17.2 Å². The highest BCUT2D eigenvalue weighted by atomic mass is 35.5. The molecule has 6 heteroatoms. The lowest BCUT2D eigenvalue weighted by atomic mass is 10.2. The van der Waals surface area contributed by atoms with Gasteiger partial charge in [0.05, 0.1) is 0 Å². The summed E-state index contributed by atoms with van der Waals surface area (Å²) >= 11 is 5.97. The first-order chi connectivity index (χ1) is 10.5. The number of benzene rings is 2. The summed E-state index contributed by atoms with van der Waals surface area (Å²) in [6, 6.07) is 8.77. The maximum absolute atomic E-state index is 13.4. The smallest absolute Gasteiger partial charge is 0.226 e. The summed E-state index contributed by atoms with van der Waals surface area (Å²) in [5.74, 6) is -1.65. The zero-order valence-electron chi connectivity index (χ0n) is 11.9. The molecule has 0 aromatic heterocycles. The second-order valence-electron chi connectivity index (χ2n) is 4.79. The number of aryl methyl sites for hydroxylation is 1. The van der Waals surface area contributed by atoms with Crippen LogP contribution in [0.4, 0.5) is 20.2 Å². The molecule has 2 N–H and O–H groups in total. The molecule has 0 aliphatic heterocycles. The van der Waals surface area contributed by atoms with E-state index in [1.807, 2.05) is 6.92 Å². The van der Waals surface area contributed by atoms with Crippen molar-refractivity contribution in [3.05, 3.63) is 58.6 Å². The molecule has 0 unspecified atom stereocenters. The lowest BCUT2D eigenvalue weighted by molar-refractivity contribution is -0.115. The van der Waals surface area contributed by atoms with E-state index in [0.717, 1.165) is 17.7 Å². The maximum Gasteiger partial charge on any atom is 0.226 e. The van der Waals surface area contributed by atoms with Crippen molar-refractivity contribution in [3.8, 4) is 0 Å². The molecule has 0 fully saturated rings. The molecule has 0 aliphatic rings. The quantitative estimate of drug-likeness (QED) is 0.857. The molecule has 0 aliphatic carbocycles. The predicted molar refractivity (Wildman–Crippen MR) is 84.3 cm³/mol. The van der Waals surface area contributed by atoms with E-state index < -0.39 is 11.6 Å². The van der Waals surface area contributed by atoms with Crippen LogP contribution in [0.25, 0.3) is 0 Å². The molecule has 2 aromatic carbocycles.